The van der Waals surface area contributed by atoms with Crippen LogP contribution >= 0.6 is 0 Å². The monoisotopic (exact) mass is 511 g/mol. The summed E-state index contributed by atoms with van der Waals surface area (Å²) in [5.41, 5.74) is 1.93. The average Bonchev–Trinajstić information content (AvgIpc) is 3.59. The highest BCUT2D eigenvalue weighted by atomic mass is 19.3. The van der Waals surface area contributed by atoms with E-state index in [9.17, 15) is 13.9 Å². The molecule has 6 heterocycles. The molecule has 1 saturated carbocycles. The van der Waals surface area contributed by atoms with Gasteiger partial charge in [0.05, 0.1) is 48.8 Å². The van der Waals surface area contributed by atoms with Gasteiger partial charge in [-0.1, -0.05) is 5.21 Å². The van der Waals surface area contributed by atoms with Crippen LogP contribution < -0.4 is 4.90 Å². The van der Waals surface area contributed by atoms with Crippen LogP contribution in [0.4, 0.5) is 14.6 Å². The first-order chi connectivity index (χ1) is 18.0. The number of hydrogen-bond donors (Lipinski definition) is 1. The van der Waals surface area contributed by atoms with E-state index in [1.165, 1.54) is 4.68 Å². The number of ether oxygens (including phenoxy) is 1. The Morgan fingerprint density at radius 2 is 1.95 bits per heavy atom. The van der Waals surface area contributed by atoms with E-state index in [1.807, 2.05) is 12.3 Å². The van der Waals surface area contributed by atoms with Gasteiger partial charge < -0.3 is 14.7 Å². The Balaban J connectivity index is 1.17. The van der Waals surface area contributed by atoms with Gasteiger partial charge in [-0.2, -0.15) is 10.2 Å². The maximum atomic E-state index is 13.9. The number of aromatic nitrogens is 8. The molecular weight excluding hydrogens is 484 g/mol. The van der Waals surface area contributed by atoms with Crippen molar-refractivity contribution in [1.82, 2.24) is 39.4 Å². The number of anilines is 1. The number of halogens is 2. The van der Waals surface area contributed by atoms with Crippen LogP contribution in [-0.4, -0.2) is 77.4 Å². The third kappa shape index (κ3) is 3.79. The number of nitrogens with zero attached hydrogens (tertiary/aromatic N) is 9. The fourth-order valence-corrected chi connectivity index (χ4v) is 5.73. The summed E-state index contributed by atoms with van der Waals surface area (Å²) >= 11 is 0. The Bertz CT molecular complexity index is 1430. The van der Waals surface area contributed by atoms with Gasteiger partial charge in [-0.25, -0.2) is 23.0 Å². The summed E-state index contributed by atoms with van der Waals surface area (Å²) in [7, 11) is 0. The average molecular weight is 512 g/mol. The SMILES string of the molecule is OCC1CCC(n2cc(-n3cc(-c4cnn5ccc(N6CC7(COC7)C6)nc45)nn3)c(C(F)F)n2)CC1. The maximum absolute atomic E-state index is 13.9. The van der Waals surface area contributed by atoms with E-state index in [1.54, 1.807) is 27.8 Å². The zero-order valence-corrected chi connectivity index (χ0v) is 20.1. The lowest BCUT2D eigenvalue weighted by Gasteiger charge is -2.55. The van der Waals surface area contributed by atoms with Crippen molar-refractivity contribution in [2.45, 2.75) is 38.2 Å². The molecule has 2 saturated heterocycles. The molecule has 4 aromatic rings. The van der Waals surface area contributed by atoms with E-state index in [0.717, 1.165) is 57.8 Å². The van der Waals surface area contributed by atoms with Crippen LogP contribution in [0.25, 0.3) is 22.6 Å². The first-order valence-electron chi connectivity index (χ1n) is 12.6. The Morgan fingerprint density at radius 1 is 1.14 bits per heavy atom. The molecule has 0 radical (unpaired) electrons. The molecule has 1 N–H and O–H groups in total. The van der Waals surface area contributed by atoms with Gasteiger partial charge in [-0.05, 0) is 37.7 Å². The van der Waals surface area contributed by atoms with Crippen molar-refractivity contribution >= 4 is 11.5 Å². The minimum atomic E-state index is -2.75. The van der Waals surface area contributed by atoms with E-state index in [-0.39, 0.29) is 35.4 Å². The largest absolute Gasteiger partial charge is 0.396 e. The summed E-state index contributed by atoms with van der Waals surface area (Å²) in [6, 6.07) is 1.95. The topological polar surface area (TPSA) is 111 Å². The predicted octanol–water partition coefficient (Wildman–Crippen LogP) is 2.67. The normalized spacial score (nSPS) is 23.1. The van der Waals surface area contributed by atoms with Gasteiger partial charge in [0, 0.05) is 25.9 Å². The van der Waals surface area contributed by atoms with Crippen molar-refractivity contribution in [3.05, 3.63) is 36.5 Å². The second-order valence-electron chi connectivity index (χ2n) is 10.5. The first-order valence-corrected chi connectivity index (χ1v) is 12.6. The molecule has 37 heavy (non-hydrogen) atoms. The molecule has 7 rings (SSSR count). The Kier molecular flexibility index (Phi) is 5.25. The number of alkyl halides is 2. The van der Waals surface area contributed by atoms with E-state index >= 15 is 0 Å². The van der Waals surface area contributed by atoms with Crippen molar-refractivity contribution < 1.29 is 18.6 Å². The summed E-state index contributed by atoms with van der Waals surface area (Å²) in [4.78, 5) is 7.03. The second-order valence-corrected chi connectivity index (χ2v) is 10.5. The standard InChI is InChI=1S/C24H27F2N9O2/c25-22(26)21-19(9-34(30-21)16-3-1-15(10-36)2-4-16)35-8-18(29-31-35)17-7-27-33-6-5-20(28-23(17)33)32-11-24(12-32)13-37-14-24/h5-9,15-16,22,36H,1-4,10-14H2. The van der Waals surface area contributed by atoms with Crippen molar-refractivity contribution in [3.8, 4) is 16.9 Å². The molecule has 0 bridgehead atoms. The van der Waals surface area contributed by atoms with Gasteiger partial charge in [-0.15, -0.1) is 5.10 Å². The maximum Gasteiger partial charge on any atom is 0.284 e. The number of aliphatic hydroxyl groups excluding tert-OH is 1. The zero-order chi connectivity index (χ0) is 25.1. The van der Waals surface area contributed by atoms with Crippen LogP contribution in [0, 0.1) is 11.3 Å². The molecule has 0 amide bonds. The molecular formula is C24H27F2N9O2. The van der Waals surface area contributed by atoms with Crippen LogP contribution in [0.5, 0.6) is 0 Å². The van der Waals surface area contributed by atoms with Gasteiger partial charge in [0.1, 0.15) is 17.2 Å². The quantitative estimate of drug-likeness (QED) is 0.421. The fraction of sp³-hybridized carbons (Fsp3) is 0.542. The van der Waals surface area contributed by atoms with Crippen LogP contribution in [0.2, 0.25) is 0 Å². The lowest BCUT2D eigenvalue weighted by Crippen LogP contribution is -2.66. The molecule has 3 fully saturated rings. The fourth-order valence-electron chi connectivity index (χ4n) is 5.73. The summed E-state index contributed by atoms with van der Waals surface area (Å²) < 4.78 is 37.9. The highest BCUT2D eigenvalue weighted by molar-refractivity contribution is 5.75. The summed E-state index contributed by atoms with van der Waals surface area (Å²) in [6.45, 7) is 3.59. The molecule has 1 spiro atoms. The summed E-state index contributed by atoms with van der Waals surface area (Å²) in [5.74, 6) is 1.13. The molecule has 3 aliphatic rings. The molecule has 194 valence electrons. The van der Waals surface area contributed by atoms with Crippen molar-refractivity contribution in [3.63, 3.8) is 0 Å². The lowest BCUT2D eigenvalue weighted by atomic mass is 9.78. The predicted molar refractivity (Wildman–Crippen MR) is 128 cm³/mol. The molecule has 0 unspecified atom stereocenters. The molecule has 0 atom stereocenters. The number of aliphatic hydroxyl groups is 1. The third-order valence-electron chi connectivity index (χ3n) is 7.96. The van der Waals surface area contributed by atoms with E-state index < -0.39 is 6.43 Å². The van der Waals surface area contributed by atoms with E-state index in [0.29, 0.717) is 16.9 Å². The molecule has 4 aromatic heterocycles. The van der Waals surface area contributed by atoms with Gasteiger partial charge in [0.15, 0.2) is 11.3 Å². The van der Waals surface area contributed by atoms with Crippen molar-refractivity contribution in [1.29, 1.82) is 0 Å². The number of rotatable bonds is 6. The molecule has 13 heteroatoms. The van der Waals surface area contributed by atoms with Gasteiger partial charge >= 0.3 is 0 Å². The van der Waals surface area contributed by atoms with Crippen LogP contribution in [-0.2, 0) is 4.74 Å². The van der Waals surface area contributed by atoms with Crippen LogP contribution in [0.3, 0.4) is 0 Å². The highest BCUT2D eigenvalue weighted by Gasteiger charge is 2.49. The van der Waals surface area contributed by atoms with E-state index in [4.69, 9.17) is 9.72 Å². The smallest absolute Gasteiger partial charge is 0.284 e. The summed E-state index contributed by atoms with van der Waals surface area (Å²) in [6.07, 6.45) is 7.30. The Labute approximate surface area is 210 Å². The lowest BCUT2D eigenvalue weighted by molar-refractivity contribution is -0.127. The van der Waals surface area contributed by atoms with Crippen LogP contribution in [0.1, 0.15) is 43.8 Å². The molecule has 0 aromatic carbocycles. The summed E-state index contributed by atoms with van der Waals surface area (Å²) in [5, 5.41) is 26.4. The number of hydrogen-bond acceptors (Lipinski definition) is 8. The first kappa shape index (κ1) is 22.7. The van der Waals surface area contributed by atoms with Crippen molar-refractivity contribution in [2.75, 3.05) is 37.8 Å². The zero-order valence-electron chi connectivity index (χ0n) is 20.1. The van der Waals surface area contributed by atoms with Crippen molar-refractivity contribution in [2.24, 2.45) is 11.3 Å². The van der Waals surface area contributed by atoms with Gasteiger partial charge in [-0.3, -0.25) is 4.68 Å². The Hall–Kier alpha value is -3.45. The van der Waals surface area contributed by atoms with Gasteiger partial charge in [0.2, 0.25) is 0 Å². The van der Waals surface area contributed by atoms with E-state index in [2.05, 4.69) is 25.4 Å². The molecule has 2 aliphatic heterocycles. The van der Waals surface area contributed by atoms with Crippen LogP contribution in [0.15, 0.2) is 30.9 Å². The Morgan fingerprint density at radius 3 is 2.65 bits per heavy atom. The van der Waals surface area contributed by atoms with Gasteiger partial charge in [0.25, 0.3) is 6.43 Å². The molecule has 11 nitrogen and oxygen atoms in total. The highest BCUT2D eigenvalue weighted by Crippen LogP contribution is 2.40. The minimum absolute atomic E-state index is 0.0198. The number of fused-ring (bicyclic) bond motifs is 1. The second kappa shape index (κ2) is 8.55. The minimum Gasteiger partial charge on any atom is -0.396 e. The molecule has 1 aliphatic carbocycles. The third-order valence-corrected chi connectivity index (χ3v) is 7.96.